The third-order valence-corrected chi connectivity index (χ3v) is 6.19. The van der Waals surface area contributed by atoms with E-state index >= 15 is 0 Å². The molecular weight excluding hydrogens is 444 g/mol. The molecule has 0 aromatic heterocycles. The van der Waals surface area contributed by atoms with Crippen molar-refractivity contribution in [1.29, 1.82) is 0 Å². The van der Waals surface area contributed by atoms with E-state index in [1.54, 1.807) is 65.6 Å². The summed E-state index contributed by atoms with van der Waals surface area (Å²) < 4.78 is 5.35. The number of rotatable bonds is 8. The minimum absolute atomic E-state index is 0.0548. The highest BCUT2D eigenvalue weighted by molar-refractivity contribution is 6.03. The number of aliphatic hydroxyl groups is 1. The zero-order valence-electron chi connectivity index (χ0n) is 19.3. The van der Waals surface area contributed by atoms with Crippen LogP contribution < -0.4 is 5.32 Å². The molecule has 3 aromatic rings. The molecule has 0 aliphatic carbocycles. The smallest absolute Gasteiger partial charge is 0.320 e. The Labute approximate surface area is 204 Å². The number of amides is 2. The van der Waals surface area contributed by atoms with Crippen molar-refractivity contribution in [3.63, 3.8) is 0 Å². The Bertz CT molecular complexity index is 1110. The van der Waals surface area contributed by atoms with Crippen LogP contribution in [-0.2, 0) is 31.3 Å². The molecule has 2 N–H and O–H groups in total. The first-order valence-electron chi connectivity index (χ1n) is 11.6. The zero-order chi connectivity index (χ0) is 24.7. The molecule has 1 fully saturated rings. The Morgan fingerprint density at radius 2 is 1.43 bits per heavy atom. The van der Waals surface area contributed by atoms with E-state index in [-0.39, 0.29) is 13.2 Å². The van der Waals surface area contributed by atoms with Gasteiger partial charge in [-0.15, -0.1) is 0 Å². The minimum Gasteiger partial charge on any atom is -0.460 e. The largest absolute Gasteiger partial charge is 0.460 e. The SMILES string of the molecule is O=C(CN1CCC[C@H]1C(=O)NC(=O)C(O)(c1ccccc1)c1ccccc1)OCc1ccccc1. The second-order valence-corrected chi connectivity index (χ2v) is 8.54. The van der Waals surface area contributed by atoms with E-state index in [0.717, 1.165) is 5.56 Å². The van der Waals surface area contributed by atoms with Crippen molar-refractivity contribution in [3.8, 4) is 0 Å². The number of carbonyl (C=O) groups is 3. The number of nitrogens with zero attached hydrogens (tertiary/aromatic N) is 1. The van der Waals surface area contributed by atoms with E-state index in [1.165, 1.54) is 0 Å². The highest BCUT2D eigenvalue weighted by Gasteiger charge is 2.42. The van der Waals surface area contributed by atoms with Gasteiger partial charge < -0.3 is 9.84 Å². The van der Waals surface area contributed by atoms with Gasteiger partial charge in [-0.1, -0.05) is 91.0 Å². The number of imide groups is 1. The van der Waals surface area contributed by atoms with Crippen LogP contribution in [0.1, 0.15) is 29.5 Å². The van der Waals surface area contributed by atoms with Crippen molar-refractivity contribution < 1.29 is 24.2 Å². The number of benzene rings is 3. The van der Waals surface area contributed by atoms with Crippen LogP contribution >= 0.6 is 0 Å². The van der Waals surface area contributed by atoms with Crippen LogP contribution in [0.25, 0.3) is 0 Å². The second-order valence-electron chi connectivity index (χ2n) is 8.54. The lowest BCUT2D eigenvalue weighted by atomic mass is 9.85. The summed E-state index contributed by atoms with van der Waals surface area (Å²) >= 11 is 0. The van der Waals surface area contributed by atoms with E-state index < -0.39 is 29.4 Å². The molecule has 1 aliphatic rings. The maximum atomic E-state index is 13.3. The van der Waals surface area contributed by atoms with Crippen molar-refractivity contribution >= 4 is 17.8 Å². The van der Waals surface area contributed by atoms with Gasteiger partial charge >= 0.3 is 5.97 Å². The number of nitrogens with one attached hydrogen (secondary N) is 1. The topological polar surface area (TPSA) is 95.9 Å². The van der Waals surface area contributed by atoms with Gasteiger partial charge in [0.15, 0.2) is 5.60 Å². The first-order chi connectivity index (χ1) is 17.0. The lowest BCUT2D eigenvalue weighted by Gasteiger charge is -2.29. The van der Waals surface area contributed by atoms with Gasteiger partial charge in [0.05, 0.1) is 12.6 Å². The lowest BCUT2D eigenvalue weighted by molar-refractivity contribution is -0.147. The molecule has 180 valence electrons. The van der Waals surface area contributed by atoms with Gasteiger partial charge in [-0.25, -0.2) is 0 Å². The highest BCUT2D eigenvalue weighted by atomic mass is 16.5. The van der Waals surface area contributed by atoms with Crippen molar-refractivity contribution in [2.24, 2.45) is 0 Å². The summed E-state index contributed by atoms with van der Waals surface area (Å²) in [6.45, 7) is 0.638. The first-order valence-corrected chi connectivity index (χ1v) is 11.6. The predicted octanol–water partition coefficient (Wildman–Crippen LogP) is 2.77. The molecule has 3 aromatic carbocycles. The van der Waals surface area contributed by atoms with Crippen LogP contribution in [0, 0.1) is 0 Å². The van der Waals surface area contributed by atoms with Gasteiger partial charge in [-0.3, -0.25) is 24.6 Å². The molecule has 0 saturated carbocycles. The first kappa shape index (κ1) is 24.3. The Morgan fingerprint density at radius 3 is 2.00 bits per heavy atom. The van der Waals surface area contributed by atoms with E-state index in [1.807, 2.05) is 30.3 Å². The second kappa shape index (κ2) is 11.1. The van der Waals surface area contributed by atoms with Gasteiger partial charge in [0.2, 0.25) is 5.91 Å². The number of ether oxygens (including phenoxy) is 1. The van der Waals surface area contributed by atoms with E-state index in [2.05, 4.69) is 5.32 Å². The number of esters is 1. The van der Waals surface area contributed by atoms with Crippen molar-refractivity contribution in [3.05, 3.63) is 108 Å². The van der Waals surface area contributed by atoms with Crippen molar-refractivity contribution in [2.45, 2.75) is 31.1 Å². The maximum Gasteiger partial charge on any atom is 0.320 e. The van der Waals surface area contributed by atoms with Crippen molar-refractivity contribution in [1.82, 2.24) is 10.2 Å². The summed E-state index contributed by atoms with van der Waals surface area (Å²) in [4.78, 5) is 40.5. The summed E-state index contributed by atoms with van der Waals surface area (Å²) in [5.74, 6) is -1.82. The van der Waals surface area contributed by atoms with E-state index in [9.17, 15) is 19.5 Å². The maximum absolute atomic E-state index is 13.3. The van der Waals surface area contributed by atoms with Gasteiger partial charge in [-0.2, -0.15) is 0 Å². The summed E-state index contributed by atoms with van der Waals surface area (Å²) in [6.07, 6.45) is 1.21. The quantitative estimate of drug-likeness (QED) is 0.490. The molecule has 1 aliphatic heterocycles. The standard InChI is InChI=1S/C28H28N2O5/c31-25(35-20-21-11-4-1-5-12-21)19-30-18-10-17-24(30)26(32)29-27(33)28(34,22-13-6-2-7-14-22)23-15-8-3-9-16-23/h1-9,11-16,24,34H,10,17-20H2,(H,29,32,33)/t24-/m0/s1. The monoisotopic (exact) mass is 472 g/mol. The number of hydrogen-bond acceptors (Lipinski definition) is 6. The minimum atomic E-state index is -2.05. The fraction of sp³-hybridized carbons (Fsp3) is 0.250. The average molecular weight is 473 g/mol. The summed E-state index contributed by atoms with van der Waals surface area (Å²) in [7, 11) is 0. The molecule has 7 nitrogen and oxygen atoms in total. The molecule has 0 spiro atoms. The molecule has 1 atom stereocenters. The Kier molecular flexibility index (Phi) is 7.70. The molecule has 7 heteroatoms. The molecule has 0 bridgehead atoms. The molecule has 1 saturated heterocycles. The lowest BCUT2D eigenvalue weighted by Crippen LogP contribution is -2.53. The summed E-state index contributed by atoms with van der Waals surface area (Å²) in [6, 6.07) is 25.7. The summed E-state index contributed by atoms with van der Waals surface area (Å²) in [5, 5.41) is 14.0. The summed E-state index contributed by atoms with van der Waals surface area (Å²) in [5.41, 5.74) is -0.465. The molecular formula is C28H28N2O5. The van der Waals surface area contributed by atoms with Gasteiger partial charge in [0, 0.05) is 0 Å². The van der Waals surface area contributed by atoms with Crippen LogP contribution in [0.2, 0.25) is 0 Å². The Morgan fingerprint density at radius 1 is 0.886 bits per heavy atom. The van der Waals surface area contributed by atoms with Crippen LogP contribution in [0.3, 0.4) is 0 Å². The van der Waals surface area contributed by atoms with Gasteiger partial charge in [-0.05, 0) is 36.1 Å². The van der Waals surface area contributed by atoms with Crippen LogP contribution in [0.15, 0.2) is 91.0 Å². The molecule has 0 unspecified atom stereocenters. The third kappa shape index (κ3) is 5.65. The van der Waals surface area contributed by atoms with Gasteiger partial charge in [0.25, 0.3) is 5.91 Å². The Hall–Kier alpha value is -3.81. The molecule has 2 amide bonds. The molecule has 0 radical (unpaired) electrons. The van der Waals surface area contributed by atoms with Crippen molar-refractivity contribution in [2.75, 3.05) is 13.1 Å². The van der Waals surface area contributed by atoms with Gasteiger partial charge in [0.1, 0.15) is 6.61 Å². The number of hydrogen-bond donors (Lipinski definition) is 2. The normalized spacial score (nSPS) is 16.0. The molecule has 4 rings (SSSR count). The molecule has 1 heterocycles. The average Bonchev–Trinajstić information content (AvgIpc) is 3.36. The fourth-order valence-corrected chi connectivity index (χ4v) is 4.34. The van der Waals surface area contributed by atoms with E-state index in [4.69, 9.17) is 4.74 Å². The molecule has 35 heavy (non-hydrogen) atoms. The fourth-order valence-electron chi connectivity index (χ4n) is 4.34. The van der Waals surface area contributed by atoms with Crippen LogP contribution in [-0.4, -0.2) is 46.9 Å². The van der Waals surface area contributed by atoms with Crippen LogP contribution in [0.4, 0.5) is 0 Å². The predicted molar refractivity (Wildman–Crippen MR) is 130 cm³/mol. The highest BCUT2D eigenvalue weighted by Crippen LogP contribution is 2.30. The zero-order valence-corrected chi connectivity index (χ0v) is 19.3. The third-order valence-electron chi connectivity index (χ3n) is 6.19. The van der Waals surface area contributed by atoms with Crippen LogP contribution in [0.5, 0.6) is 0 Å². The number of likely N-dealkylation sites (tertiary alicyclic amines) is 1. The number of carbonyl (C=O) groups excluding carboxylic acids is 3. The van der Waals surface area contributed by atoms with E-state index in [0.29, 0.717) is 30.5 Å². The Balaban J connectivity index is 1.43.